The van der Waals surface area contributed by atoms with E-state index in [0.29, 0.717) is 6.42 Å². The quantitative estimate of drug-likeness (QED) is 0.718. The van der Waals surface area contributed by atoms with Crippen LogP contribution in [0.25, 0.3) is 0 Å². The third kappa shape index (κ3) is 2.94. The van der Waals surface area contributed by atoms with Crippen molar-refractivity contribution in [2.24, 2.45) is 5.41 Å². The number of alkyl carbamates (subject to hydrolysis) is 1. The summed E-state index contributed by atoms with van der Waals surface area (Å²) in [7, 11) is 1.48. The Morgan fingerprint density at radius 1 is 1.77 bits per heavy atom. The lowest BCUT2D eigenvalue weighted by Gasteiger charge is -2.13. The summed E-state index contributed by atoms with van der Waals surface area (Å²) in [5, 5.41) is 11.0. The molecule has 0 spiro atoms. The fourth-order valence-electron chi connectivity index (χ4n) is 1.17. The van der Waals surface area contributed by atoms with Gasteiger partial charge in [0.25, 0.3) is 0 Å². The van der Waals surface area contributed by atoms with E-state index >= 15 is 0 Å². The number of nitrogens with zero attached hydrogens (tertiary/aromatic N) is 1. The predicted octanol–water partition coefficient (Wildman–Crippen LogP) is 1.42. The van der Waals surface area contributed by atoms with Crippen LogP contribution < -0.4 is 5.32 Å². The second-order valence-electron chi connectivity index (χ2n) is 3.79. The van der Waals surface area contributed by atoms with Gasteiger partial charge in [-0.05, 0) is 18.3 Å². The van der Waals surface area contributed by atoms with Crippen molar-refractivity contribution in [3.8, 4) is 6.07 Å². The van der Waals surface area contributed by atoms with Crippen LogP contribution in [0.15, 0.2) is 0 Å². The van der Waals surface area contributed by atoms with E-state index in [4.69, 9.17) is 10.00 Å². The molecule has 0 aromatic carbocycles. The van der Waals surface area contributed by atoms with Crippen LogP contribution in [-0.2, 0) is 4.74 Å². The topological polar surface area (TPSA) is 62.1 Å². The van der Waals surface area contributed by atoms with Crippen molar-refractivity contribution in [2.45, 2.75) is 32.3 Å². The largest absolute Gasteiger partial charge is 0.431 e. The average Bonchev–Trinajstić information content (AvgIpc) is 2.82. The van der Waals surface area contributed by atoms with Crippen molar-refractivity contribution in [1.82, 2.24) is 5.32 Å². The molecule has 1 atom stereocenters. The average molecular weight is 182 g/mol. The number of nitrogens with one attached hydrogen (secondary N) is 1. The van der Waals surface area contributed by atoms with E-state index in [2.05, 4.69) is 12.2 Å². The molecule has 0 bridgehead atoms. The maximum absolute atomic E-state index is 10.8. The van der Waals surface area contributed by atoms with Crippen LogP contribution in [0.4, 0.5) is 4.79 Å². The standard InChI is InChI=1S/C9H14N2O2/c1-9(3-4-9)5-7(6-10)13-8(12)11-2/h7H,3-5H2,1-2H3,(H,11,12). The summed E-state index contributed by atoms with van der Waals surface area (Å²) in [6.07, 6.45) is 1.77. The highest BCUT2D eigenvalue weighted by Gasteiger charge is 2.40. The lowest BCUT2D eigenvalue weighted by atomic mass is 10.0. The zero-order valence-corrected chi connectivity index (χ0v) is 7.96. The summed E-state index contributed by atoms with van der Waals surface area (Å²) in [5.74, 6) is 0. The third-order valence-corrected chi connectivity index (χ3v) is 2.38. The van der Waals surface area contributed by atoms with Crippen molar-refractivity contribution in [2.75, 3.05) is 7.05 Å². The minimum absolute atomic E-state index is 0.231. The van der Waals surface area contributed by atoms with Crippen LogP contribution in [-0.4, -0.2) is 19.2 Å². The van der Waals surface area contributed by atoms with Crippen molar-refractivity contribution in [1.29, 1.82) is 5.26 Å². The third-order valence-electron chi connectivity index (χ3n) is 2.38. The van der Waals surface area contributed by atoms with E-state index in [1.807, 2.05) is 6.07 Å². The van der Waals surface area contributed by atoms with Crippen LogP contribution in [0.2, 0.25) is 0 Å². The number of rotatable bonds is 3. The first kappa shape index (κ1) is 9.85. The van der Waals surface area contributed by atoms with E-state index in [0.717, 1.165) is 12.8 Å². The Hall–Kier alpha value is -1.24. The second-order valence-corrected chi connectivity index (χ2v) is 3.79. The highest BCUT2D eigenvalue weighted by atomic mass is 16.6. The number of carbonyl (C=O) groups excluding carboxylic acids is 1. The molecule has 1 saturated carbocycles. The first-order valence-electron chi connectivity index (χ1n) is 4.38. The van der Waals surface area contributed by atoms with Gasteiger partial charge in [0.1, 0.15) is 6.07 Å². The van der Waals surface area contributed by atoms with Crippen molar-refractivity contribution < 1.29 is 9.53 Å². The van der Waals surface area contributed by atoms with Gasteiger partial charge in [-0.3, -0.25) is 0 Å². The lowest BCUT2D eigenvalue weighted by molar-refractivity contribution is 0.111. The number of hydrogen-bond acceptors (Lipinski definition) is 3. The Morgan fingerprint density at radius 3 is 2.77 bits per heavy atom. The molecule has 1 unspecified atom stereocenters. The SMILES string of the molecule is CNC(=O)OC(C#N)CC1(C)CC1. The van der Waals surface area contributed by atoms with E-state index < -0.39 is 12.2 Å². The highest BCUT2D eigenvalue weighted by Crippen LogP contribution is 2.49. The number of nitriles is 1. The van der Waals surface area contributed by atoms with Crippen molar-refractivity contribution in [3.63, 3.8) is 0 Å². The summed E-state index contributed by atoms with van der Waals surface area (Å²) >= 11 is 0. The van der Waals surface area contributed by atoms with Crippen LogP contribution in [0.1, 0.15) is 26.2 Å². The molecule has 0 saturated heterocycles. The first-order chi connectivity index (χ1) is 6.09. The van der Waals surface area contributed by atoms with E-state index in [9.17, 15) is 4.79 Å². The van der Waals surface area contributed by atoms with Gasteiger partial charge in [-0.2, -0.15) is 5.26 Å². The van der Waals surface area contributed by atoms with Gasteiger partial charge in [0.15, 0.2) is 6.10 Å². The second kappa shape index (κ2) is 3.65. The molecule has 4 nitrogen and oxygen atoms in total. The van der Waals surface area contributed by atoms with E-state index in [1.54, 1.807) is 0 Å². The number of ether oxygens (including phenoxy) is 1. The molecular formula is C9H14N2O2. The smallest absolute Gasteiger partial charge is 0.408 e. The van der Waals surface area contributed by atoms with Gasteiger partial charge in [-0.25, -0.2) is 4.79 Å². The maximum Gasteiger partial charge on any atom is 0.408 e. The van der Waals surface area contributed by atoms with Gasteiger partial charge in [-0.1, -0.05) is 6.92 Å². The number of amides is 1. The summed E-state index contributed by atoms with van der Waals surface area (Å²) in [6.45, 7) is 2.10. The summed E-state index contributed by atoms with van der Waals surface area (Å²) in [5.41, 5.74) is 0.231. The Bertz CT molecular complexity index is 240. The fraction of sp³-hybridized carbons (Fsp3) is 0.778. The molecule has 1 aliphatic rings. The minimum Gasteiger partial charge on any atom is -0.431 e. The fourth-order valence-corrected chi connectivity index (χ4v) is 1.17. The molecule has 1 N–H and O–H groups in total. The van der Waals surface area contributed by atoms with Crippen LogP contribution in [0, 0.1) is 16.7 Å². The molecular weight excluding hydrogens is 168 g/mol. The Kier molecular flexibility index (Phi) is 2.76. The summed E-state index contributed by atoms with van der Waals surface area (Å²) < 4.78 is 4.85. The van der Waals surface area contributed by atoms with Crippen molar-refractivity contribution >= 4 is 6.09 Å². The van der Waals surface area contributed by atoms with E-state index in [1.165, 1.54) is 7.05 Å². The highest BCUT2D eigenvalue weighted by molar-refractivity contribution is 5.67. The van der Waals surface area contributed by atoms with Gasteiger partial charge < -0.3 is 10.1 Å². The molecule has 1 rings (SSSR count). The minimum atomic E-state index is -0.604. The van der Waals surface area contributed by atoms with Crippen LogP contribution in [0.5, 0.6) is 0 Å². The van der Waals surface area contributed by atoms with Gasteiger partial charge in [0, 0.05) is 13.5 Å². The van der Waals surface area contributed by atoms with E-state index in [-0.39, 0.29) is 5.41 Å². The lowest BCUT2D eigenvalue weighted by Crippen LogP contribution is -2.26. The van der Waals surface area contributed by atoms with Gasteiger partial charge in [0.2, 0.25) is 0 Å². The van der Waals surface area contributed by atoms with Crippen LogP contribution in [0.3, 0.4) is 0 Å². The molecule has 1 amide bonds. The Morgan fingerprint density at radius 2 is 2.38 bits per heavy atom. The Balaban J connectivity index is 2.35. The van der Waals surface area contributed by atoms with Crippen LogP contribution >= 0.6 is 0 Å². The molecule has 4 heteroatoms. The number of hydrogen-bond donors (Lipinski definition) is 1. The predicted molar refractivity (Wildman–Crippen MR) is 46.9 cm³/mol. The molecule has 1 aliphatic carbocycles. The maximum atomic E-state index is 10.8. The molecule has 0 aliphatic heterocycles. The first-order valence-corrected chi connectivity index (χ1v) is 4.38. The molecule has 0 radical (unpaired) electrons. The normalized spacial score (nSPS) is 19.8. The number of carbonyl (C=O) groups is 1. The molecule has 0 aromatic heterocycles. The van der Waals surface area contributed by atoms with Gasteiger partial charge in [0.05, 0.1) is 0 Å². The molecule has 1 fully saturated rings. The molecule has 0 heterocycles. The van der Waals surface area contributed by atoms with Crippen molar-refractivity contribution in [3.05, 3.63) is 0 Å². The molecule has 72 valence electrons. The van der Waals surface area contributed by atoms with Gasteiger partial charge in [-0.15, -0.1) is 0 Å². The summed E-state index contributed by atoms with van der Waals surface area (Å²) in [4.78, 5) is 10.8. The molecule has 0 aromatic rings. The zero-order chi connectivity index (χ0) is 9.90. The summed E-state index contributed by atoms with van der Waals surface area (Å²) in [6, 6.07) is 1.98. The zero-order valence-electron chi connectivity index (χ0n) is 7.96. The monoisotopic (exact) mass is 182 g/mol. The molecule has 13 heavy (non-hydrogen) atoms. The van der Waals surface area contributed by atoms with Gasteiger partial charge >= 0.3 is 6.09 Å². The Labute approximate surface area is 77.9 Å².